The molecule has 1 atom stereocenters. The number of ether oxygens (including phenoxy) is 2. The Hall–Kier alpha value is -3.87. The van der Waals surface area contributed by atoms with E-state index in [9.17, 15) is 9.59 Å². The number of hydrogen-bond donors (Lipinski definition) is 1. The fourth-order valence-electron chi connectivity index (χ4n) is 4.16. The minimum absolute atomic E-state index is 0.141. The lowest BCUT2D eigenvalue weighted by atomic mass is 10.0. The molecule has 5 rings (SSSR count). The first-order valence-electron chi connectivity index (χ1n) is 10.1. The number of nitrogens with one attached hydrogen (secondary N) is 1. The normalized spacial score (nSPS) is 16.8. The first kappa shape index (κ1) is 19.1. The van der Waals surface area contributed by atoms with E-state index in [1.165, 1.54) is 0 Å². The first-order chi connectivity index (χ1) is 15.0. The zero-order chi connectivity index (χ0) is 21.5. The van der Waals surface area contributed by atoms with Crippen molar-refractivity contribution in [3.05, 3.63) is 77.6 Å². The number of rotatable bonds is 3. The SMILES string of the molecule is Cc1cccc(C)c1NC(=O)[C@@H]1c2cccc[n+]2CC(=O)N1c1ccc2c(c1)OCO2. The summed E-state index contributed by atoms with van der Waals surface area (Å²) in [4.78, 5) is 28.4. The Kier molecular flexibility index (Phi) is 4.58. The van der Waals surface area contributed by atoms with Crippen LogP contribution in [0.4, 0.5) is 11.4 Å². The molecule has 2 amide bonds. The van der Waals surface area contributed by atoms with E-state index in [-0.39, 0.29) is 25.2 Å². The van der Waals surface area contributed by atoms with Gasteiger partial charge in [0, 0.05) is 29.6 Å². The maximum atomic E-state index is 13.6. The van der Waals surface area contributed by atoms with Crippen molar-refractivity contribution in [3.8, 4) is 11.5 Å². The van der Waals surface area contributed by atoms with Gasteiger partial charge in [-0.25, -0.2) is 0 Å². The summed E-state index contributed by atoms with van der Waals surface area (Å²) in [6, 6.07) is 15.9. The first-order valence-corrected chi connectivity index (χ1v) is 10.1. The van der Waals surface area contributed by atoms with Gasteiger partial charge in [0.1, 0.15) is 0 Å². The van der Waals surface area contributed by atoms with Gasteiger partial charge >= 0.3 is 0 Å². The molecular formula is C24H22N3O4+. The molecule has 0 saturated carbocycles. The van der Waals surface area contributed by atoms with Gasteiger partial charge in [-0.15, -0.1) is 0 Å². The van der Waals surface area contributed by atoms with E-state index in [1.807, 2.05) is 61.0 Å². The fourth-order valence-corrected chi connectivity index (χ4v) is 4.16. The Morgan fingerprint density at radius 1 is 1.03 bits per heavy atom. The summed E-state index contributed by atoms with van der Waals surface area (Å²) < 4.78 is 12.7. The number of fused-ring (bicyclic) bond motifs is 2. The van der Waals surface area contributed by atoms with Crippen molar-refractivity contribution in [3.63, 3.8) is 0 Å². The predicted molar refractivity (Wildman–Crippen MR) is 114 cm³/mol. The minimum Gasteiger partial charge on any atom is -0.454 e. The highest BCUT2D eigenvalue weighted by Gasteiger charge is 2.44. The molecule has 7 heteroatoms. The lowest BCUT2D eigenvalue weighted by Crippen LogP contribution is -2.58. The van der Waals surface area contributed by atoms with Crippen molar-refractivity contribution >= 4 is 23.2 Å². The van der Waals surface area contributed by atoms with Gasteiger partial charge in [-0.3, -0.25) is 14.5 Å². The van der Waals surface area contributed by atoms with Crippen LogP contribution in [0.25, 0.3) is 0 Å². The summed E-state index contributed by atoms with van der Waals surface area (Å²) in [5.74, 6) is 0.734. The molecule has 3 heterocycles. The number of amides is 2. The molecule has 156 valence electrons. The van der Waals surface area contributed by atoms with Gasteiger partial charge in [-0.1, -0.05) is 24.3 Å². The lowest BCUT2D eigenvalue weighted by Gasteiger charge is -2.32. The molecule has 1 aromatic heterocycles. The van der Waals surface area contributed by atoms with Crippen LogP contribution in [0, 0.1) is 13.8 Å². The summed E-state index contributed by atoms with van der Waals surface area (Å²) >= 11 is 0. The van der Waals surface area contributed by atoms with Crippen LogP contribution in [-0.2, 0) is 16.1 Å². The molecule has 1 N–H and O–H groups in total. The highest BCUT2D eigenvalue weighted by molar-refractivity contribution is 6.06. The van der Waals surface area contributed by atoms with Crippen LogP contribution in [0.15, 0.2) is 60.8 Å². The largest absolute Gasteiger partial charge is 0.454 e. The van der Waals surface area contributed by atoms with Gasteiger partial charge in [-0.2, -0.15) is 4.57 Å². The topological polar surface area (TPSA) is 71.8 Å². The summed E-state index contributed by atoms with van der Waals surface area (Å²) in [5, 5.41) is 3.06. The lowest BCUT2D eigenvalue weighted by molar-refractivity contribution is -0.695. The van der Waals surface area contributed by atoms with Crippen molar-refractivity contribution < 1.29 is 23.6 Å². The molecule has 0 aliphatic carbocycles. The molecule has 0 unspecified atom stereocenters. The van der Waals surface area contributed by atoms with Gasteiger partial charge in [-0.05, 0) is 37.1 Å². The van der Waals surface area contributed by atoms with Gasteiger partial charge in [0.2, 0.25) is 25.1 Å². The van der Waals surface area contributed by atoms with Crippen molar-refractivity contribution in [2.45, 2.75) is 26.4 Å². The van der Waals surface area contributed by atoms with Gasteiger partial charge in [0.25, 0.3) is 11.8 Å². The van der Waals surface area contributed by atoms with Crippen molar-refractivity contribution in [1.82, 2.24) is 0 Å². The van der Waals surface area contributed by atoms with Gasteiger partial charge < -0.3 is 14.8 Å². The quantitative estimate of drug-likeness (QED) is 0.667. The number of aromatic nitrogens is 1. The van der Waals surface area contributed by atoms with Crippen molar-refractivity contribution in [2.24, 2.45) is 0 Å². The minimum atomic E-state index is -0.832. The van der Waals surface area contributed by atoms with E-state index >= 15 is 0 Å². The average molecular weight is 416 g/mol. The number of anilines is 2. The molecule has 0 radical (unpaired) electrons. The van der Waals surface area contributed by atoms with E-state index < -0.39 is 6.04 Å². The zero-order valence-corrected chi connectivity index (χ0v) is 17.3. The molecule has 0 spiro atoms. The number of aryl methyl sites for hydroxylation is 2. The smallest absolute Gasteiger partial charge is 0.294 e. The molecule has 2 aromatic carbocycles. The second-order valence-electron chi connectivity index (χ2n) is 7.71. The Morgan fingerprint density at radius 2 is 1.81 bits per heavy atom. The highest BCUT2D eigenvalue weighted by atomic mass is 16.7. The van der Waals surface area contributed by atoms with Crippen LogP contribution in [0.5, 0.6) is 11.5 Å². The fraction of sp³-hybridized carbons (Fsp3) is 0.208. The zero-order valence-electron chi connectivity index (χ0n) is 17.3. The molecular weight excluding hydrogens is 394 g/mol. The van der Waals surface area contributed by atoms with E-state index in [0.717, 1.165) is 22.5 Å². The molecule has 2 aliphatic rings. The number of hydrogen-bond acceptors (Lipinski definition) is 4. The van der Waals surface area contributed by atoms with E-state index in [4.69, 9.17) is 9.47 Å². The summed E-state index contributed by atoms with van der Waals surface area (Å²) in [6.45, 7) is 4.19. The summed E-state index contributed by atoms with van der Waals surface area (Å²) in [7, 11) is 0. The maximum Gasteiger partial charge on any atom is 0.294 e. The molecule has 0 bridgehead atoms. The number of carbonyl (C=O) groups is 2. The van der Waals surface area contributed by atoms with E-state index in [1.54, 1.807) is 23.1 Å². The third kappa shape index (κ3) is 3.28. The number of pyridine rings is 1. The maximum absolute atomic E-state index is 13.6. The van der Waals surface area contributed by atoms with E-state index in [2.05, 4.69) is 5.32 Å². The van der Waals surface area contributed by atoms with Crippen LogP contribution in [0.2, 0.25) is 0 Å². The third-order valence-electron chi connectivity index (χ3n) is 5.70. The molecule has 0 saturated heterocycles. The van der Waals surface area contributed by atoms with E-state index in [0.29, 0.717) is 17.2 Å². The molecule has 3 aromatic rings. The standard InChI is InChI=1S/C24H21N3O4/c1-15-6-5-7-16(2)22(15)25-24(29)23-18-8-3-4-11-26(18)13-21(28)27(23)17-9-10-19-20(12-17)31-14-30-19/h3-12,23H,13-14H2,1-2H3/p+1/t23-/m0/s1. The Labute approximate surface area is 179 Å². The second-order valence-corrected chi connectivity index (χ2v) is 7.71. The van der Waals surface area contributed by atoms with Crippen molar-refractivity contribution in [2.75, 3.05) is 17.0 Å². The number of para-hydroxylation sites is 1. The second kappa shape index (κ2) is 7.43. The summed E-state index contributed by atoms with van der Waals surface area (Å²) in [5.41, 5.74) is 4.02. The number of nitrogens with zero attached hydrogens (tertiary/aromatic N) is 2. The van der Waals surface area contributed by atoms with Crippen molar-refractivity contribution in [1.29, 1.82) is 0 Å². The number of benzene rings is 2. The summed E-state index contributed by atoms with van der Waals surface area (Å²) in [6.07, 6.45) is 1.82. The average Bonchev–Trinajstić information content (AvgIpc) is 3.23. The van der Waals surface area contributed by atoms with Crippen LogP contribution in [0.3, 0.4) is 0 Å². The van der Waals surface area contributed by atoms with Crippen LogP contribution in [0.1, 0.15) is 22.9 Å². The van der Waals surface area contributed by atoms with Crippen LogP contribution < -0.4 is 24.3 Å². The molecule has 2 aliphatic heterocycles. The molecule has 7 nitrogen and oxygen atoms in total. The van der Waals surface area contributed by atoms with Crippen LogP contribution in [-0.4, -0.2) is 18.6 Å². The molecule has 0 fully saturated rings. The van der Waals surface area contributed by atoms with Gasteiger partial charge in [0.15, 0.2) is 17.7 Å². The monoisotopic (exact) mass is 416 g/mol. The predicted octanol–water partition coefficient (Wildman–Crippen LogP) is 3.05. The van der Waals surface area contributed by atoms with Gasteiger partial charge in [0.05, 0.1) is 0 Å². The number of carbonyl (C=O) groups excluding carboxylic acids is 2. The Bertz CT molecular complexity index is 1190. The third-order valence-corrected chi connectivity index (χ3v) is 5.70. The highest BCUT2D eigenvalue weighted by Crippen LogP contribution is 2.38. The Morgan fingerprint density at radius 3 is 2.61 bits per heavy atom. The molecule has 31 heavy (non-hydrogen) atoms. The van der Waals surface area contributed by atoms with Crippen LogP contribution >= 0.6 is 0 Å². The Balaban J connectivity index is 1.59.